The van der Waals surface area contributed by atoms with E-state index in [1.807, 2.05) is 26.2 Å². The molecule has 6 nitrogen and oxygen atoms in total. The smallest absolute Gasteiger partial charge is 0.292 e. The number of hydrogen-bond acceptors (Lipinski definition) is 5. The Morgan fingerprint density at radius 1 is 1.23 bits per heavy atom. The zero-order valence-corrected chi connectivity index (χ0v) is 13.8. The lowest BCUT2D eigenvalue weighted by Crippen LogP contribution is -2.44. The standard InChI is InChI=1S/C16H26N4O2/c1-17(2)15-7-6-14(13-16(15)20(21)22)5-4-8-19-11-9-18(3)10-12-19/h6-7,13H,4-5,8-12H2,1-3H3. The highest BCUT2D eigenvalue weighted by atomic mass is 16.6. The molecule has 0 spiro atoms. The van der Waals surface area contributed by atoms with Crippen molar-refractivity contribution in [2.75, 3.05) is 58.8 Å². The van der Waals surface area contributed by atoms with Gasteiger partial charge in [0, 0.05) is 46.3 Å². The lowest BCUT2D eigenvalue weighted by Gasteiger charge is -2.32. The summed E-state index contributed by atoms with van der Waals surface area (Å²) < 4.78 is 0. The molecule has 1 aliphatic rings. The molecule has 0 aliphatic carbocycles. The molecule has 0 amide bonds. The van der Waals surface area contributed by atoms with Crippen LogP contribution in [0.3, 0.4) is 0 Å². The predicted octanol–water partition coefficient (Wildman–Crippen LogP) is 1.84. The van der Waals surface area contributed by atoms with E-state index in [2.05, 4.69) is 16.8 Å². The molecular formula is C16H26N4O2. The molecule has 0 saturated carbocycles. The molecule has 1 fully saturated rings. The van der Waals surface area contributed by atoms with Gasteiger partial charge < -0.3 is 14.7 Å². The number of nitrogens with zero attached hydrogens (tertiary/aromatic N) is 4. The zero-order valence-electron chi connectivity index (χ0n) is 13.8. The van der Waals surface area contributed by atoms with Crippen molar-refractivity contribution in [2.24, 2.45) is 0 Å². The van der Waals surface area contributed by atoms with Crippen molar-refractivity contribution in [2.45, 2.75) is 12.8 Å². The van der Waals surface area contributed by atoms with Crippen LogP contribution in [-0.4, -0.2) is 68.6 Å². The van der Waals surface area contributed by atoms with Gasteiger partial charge in [-0.05, 0) is 38.1 Å². The molecule has 1 aliphatic heterocycles. The summed E-state index contributed by atoms with van der Waals surface area (Å²) in [5.41, 5.74) is 1.90. The van der Waals surface area contributed by atoms with E-state index in [0.717, 1.165) is 51.1 Å². The molecule has 22 heavy (non-hydrogen) atoms. The van der Waals surface area contributed by atoms with E-state index < -0.39 is 0 Å². The molecule has 1 aromatic carbocycles. The van der Waals surface area contributed by atoms with Crippen molar-refractivity contribution in [1.29, 1.82) is 0 Å². The van der Waals surface area contributed by atoms with Crippen molar-refractivity contribution in [3.8, 4) is 0 Å². The third-order valence-electron chi connectivity index (χ3n) is 4.25. The average molecular weight is 306 g/mol. The van der Waals surface area contributed by atoms with Crippen LogP contribution in [0.4, 0.5) is 11.4 Å². The minimum Gasteiger partial charge on any atom is -0.372 e. The number of nitro groups is 1. The van der Waals surface area contributed by atoms with E-state index in [4.69, 9.17) is 0 Å². The van der Waals surface area contributed by atoms with Crippen LogP contribution in [0.5, 0.6) is 0 Å². The fourth-order valence-electron chi connectivity index (χ4n) is 2.83. The van der Waals surface area contributed by atoms with Crippen LogP contribution in [0, 0.1) is 10.1 Å². The van der Waals surface area contributed by atoms with E-state index in [1.165, 1.54) is 0 Å². The Morgan fingerprint density at radius 3 is 2.50 bits per heavy atom. The summed E-state index contributed by atoms with van der Waals surface area (Å²) in [4.78, 5) is 17.5. The quantitative estimate of drug-likeness (QED) is 0.593. The Bertz CT molecular complexity index is 511. The van der Waals surface area contributed by atoms with Gasteiger partial charge in [0.05, 0.1) is 4.92 Å². The van der Waals surface area contributed by atoms with Crippen molar-refractivity contribution >= 4 is 11.4 Å². The number of nitro benzene ring substituents is 1. The molecule has 0 aromatic heterocycles. The summed E-state index contributed by atoms with van der Waals surface area (Å²) in [5.74, 6) is 0. The van der Waals surface area contributed by atoms with Crippen LogP contribution in [0.25, 0.3) is 0 Å². The SMILES string of the molecule is CN1CCN(CCCc2ccc(N(C)C)c([N+](=O)[O-])c2)CC1. The first-order valence-electron chi connectivity index (χ1n) is 7.83. The molecule has 0 atom stereocenters. The van der Waals surface area contributed by atoms with E-state index >= 15 is 0 Å². The Morgan fingerprint density at radius 2 is 1.91 bits per heavy atom. The summed E-state index contributed by atoms with van der Waals surface area (Å²) in [6, 6.07) is 5.58. The number of likely N-dealkylation sites (N-methyl/N-ethyl adjacent to an activating group) is 1. The first-order chi connectivity index (χ1) is 10.5. The molecule has 1 aromatic rings. The molecule has 0 N–H and O–H groups in total. The van der Waals surface area contributed by atoms with Gasteiger partial charge in [-0.25, -0.2) is 0 Å². The van der Waals surface area contributed by atoms with Crippen molar-refractivity contribution < 1.29 is 4.92 Å². The second-order valence-corrected chi connectivity index (χ2v) is 6.22. The van der Waals surface area contributed by atoms with Crippen molar-refractivity contribution in [1.82, 2.24) is 9.80 Å². The molecule has 6 heteroatoms. The highest BCUT2D eigenvalue weighted by Gasteiger charge is 2.17. The van der Waals surface area contributed by atoms with Gasteiger partial charge in [-0.1, -0.05) is 6.07 Å². The average Bonchev–Trinajstić information content (AvgIpc) is 2.49. The predicted molar refractivity (Wildman–Crippen MR) is 89.7 cm³/mol. The Hall–Kier alpha value is -1.66. The number of hydrogen-bond donors (Lipinski definition) is 0. The first-order valence-corrected chi connectivity index (χ1v) is 7.83. The molecule has 2 rings (SSSR count). The number of piperazine rings is 1. The van der Waals surface area contributed by atoms with Crippen LogP contribution in [-0.2, 0) is 6.42 Å². The Balaban J connectivity index is 1.90. The minimum atomic E-state index is -0.292. The second-order valence-electron chi connectivity index (χ2n) is 6.22. The van der Waals surface area contributed by atoms with E-state index in [-0.39, 0.29) is 10.6 Å². The maximum Gasteiger partial charge on any atom is 0.292 e. The zero-order chi connectivity index (χ0) is 16.1. The van der Waals surface area contributed by atoms with E-state index in [1.54, 1.807) is 11.0 Å². The van der Waals surface area contributed by atoms with Gasteiger partial charge in [-0.15, -0.1) is 0 Å². The van der Waals surface area contributed by atoms with Gasteiger partial charge in [0.15, 0.2) is 0 Å². The van der Waals surface area contributed by atoms with Crippen molar-refractivity contribution in [3.63, 3.8) is 0 Å². The van der Waals surface area contributed by atoms with Crippen LogP contribution < -0.4 is 4.90 Å². The third-order valence-corrected chi connectivity index (χ3v) is 4.25. The first kappa shape index (κ1) is 16.7. The third kappa shape index (κ3) is 4.42. The summed E-state index contributed by atoms with van der Waals surface area (Å²) in [6.07, 6.45) is 1.93. The lowest BCUT2D eigenvalue weighted by atomic mass is 10.1. The number of rotatable bonds is 6. The molecular weight excluding hydrogens is 280 g/mol. The fraction of sp³-hybridized carbons (Fsp3) is 0.625. The number of anilines is 1. The van der Waals surface area contributed by atoms with Crippen molar-refractivity contribution in [3.05, 3.63) is 33.9 Å². The lowest BCUT2D eigenvalue weighted by molar-refractivity contribution is -0.384. The summed E-state index contributed by atoms with van der Waals surface area (Å²) in [5, 5.41) is 11.2. The normalized spacial score (nSPS) is 16.7. The van der Waals surface area contributed by atoms with Gasteiger partial charge in [0.2, 0.25) is 0 Å². The fourth-order valence-corrected chi connectivity index (χ4v) is 2.83. The van der Waals surface area contributed by atoms with Crippen LogP contribution in [0.1, 0.15) is 12.0 Å². The van der Waals surface area contributed by atoms with Crippen LogP contribution in [0.15, 0.2) is 18.2 Å². The van der Waals surface area contributed by atoms with Crippen LogP contribution in [0.2, 0.25) is 0 Å². The van der Waals surface area contributed by atoms with Gasteiger partial charge in [-0.3, -0.25) is 10.1 Å². The Labute approximate surface area is 132 Å². The number of aryl methyl sites for hydroxylation is 1. The van der Waals surface area contributed by atoms with Gasteiger partial charge in [0.1, 0.15) is 5.69 Å². The highest BCUT2D eigenvalue weighted by molar-refractivity contribution is 5.63. The molecule has 0 bridgehead atoms. The number of benzene rings is 1. The molecule has 1 saturated heterocycles. The minimum absolute atomic E-state index is 0.196. The van der Waals surface area contributed by atoms with Gasteiger partial charge >= 0.3 is 0 Å². The highest BCUT2D eigenvalue weighted by Crippen LogP contribution is 2.28. The van der Waals surface area contributed by atoms with E-state index in [0.29, 0.717) is 5.69 Å². The van der Waals surface area contributed by atoms with E-state index in [9.17, 15) is 10.1 Å². The molecule has 0 unspecified atom stereocenters. The van der Waals surface area contributed by atoms with Gasteiger partial charge in [-0.2, -0.15) is 0 Å². The second kappa shape index (κ2) is 7.56. The summed E-state index contributed by atoms with van der Waals surface area (Å²) in [6.45, 7) is 5.56. The van der Waals surface area contributed by atoms with Gasteiger partial charge in [0.25, 0.3) is 5.69 Å². The molecule has 1 heterocycles. The maximum absolute atomic E-state index is 11.2. The summed E-state index contributed by atoms with van der Waals surface area (Å²) in [7, 11) is 5.81. The topological polar surface area (TPSA) is 52.9 Å². The largest absolute Gasteiger partial charge is 0.372 e. The Kier molecular flexibility index (Phi) is 5.74. The maximum atomic E-state index is 11.2. The molecule has 122 valence electrons. The summed E-state index contributed by atoms with van der Waals surface area (Å²) >= 11 is 0. The monoisotopic (exact) mass is 306 g/mol. The molecule has 0 radical (unpaired) electrons. The van der Waals surface area contributed by atoms with Crippen LogP contribution >= 0.6 is 0 Å².